The van der Waals surface area contributed by atoms with Crippen molar-refractivity contribution in [3.8, 4) is 5.75 Å². The van der Waals surface area contributed by atoms with Crippen LogP contribution in [0.25, 0.3) is 0 Å². The van der Waals surface area contributed by atoms with E-state index in [1.54, 1.807) is 19.2 Å². The number of ether oxygens (including phenoxy) is 1. The second-order valence-corrected chi connectivity index (χ2v) is 6.42. The molecular weight excluding hydrogens is 312 g/mol. The Labute approximate surface area is 149 Å². The smallest absolute Gasteiger partial charge is 0.255 e. The van der Waals surface area contributed by atoms with Crippen LogP contribution >= 0.6 is 0 Å². The van der Waals surface area contributed by atoms with E-state index in [4.69, 9.17) is 4.74 Å². The fourth-order valence-electron chi connectivity index (χ4n) is 3.27. The van der Waals surface area contributed by atoms with Crippen molar-refractivity contribution in [1.29, 1.82) is 0 Å². The van der Waals surface area contributed by atoms with Crippen molar-refractivity contribution in [3.63, 3.8) is 0 Å². The summed E-state index contributed by atoms with van der Waals surface area (Å²) in [5.41, 5.74) is 3.12. The third-order valence-corrected chi connectivity index (χ3v) is 4.71. The van der Waals surface area contributed by atoms with Gasteiger partial charge in [-0.3, -0.25) is 4.79 Å². The van der Waals surface area contributed by atoms with Crippen molar-refractivity contribution >= 4 is 11.6 Å². The van der Waals surface area contributed by atoms with Gasteiger partial charge in [0.15, 0.2) is 0 Å². The molecule has 0 spiro atoms. The number of anilines is 1. The van der Waals surface area contributed by atoms with Crippen molar-refractivity contribution in [2.75, 3.05) is 31.6 Å². The lowest BCUT2D eigenvalue weighted by atomic mass is 10.1. The molecule has 4 nitrogen and oxygen atoms in total. The zero-order chi connectivity index (χ0) is 17.5. The third-order valence-electron chi connectivity index (χ3n) is 4.71. The van der Waals surface area contributed by atoms with E-state index in [-0.39, 0.29) is 5.91 Å². The van der Waals surface area contributed by atoms with Crippen LogP contribution < -0.4 is 15.0 Å². The van der Waals surface area contributed by atoms with Crippen LogP contribution in [0, 0.1) is 0 Å². The summed E-state index contributed by atoms with van der Waals surface area (Å²) in [6.07, 6.45) is 4.75. The minimum absolute atomic E-state index is 0.0950. The van der Waals surface area contributed by atoms with Gasteiger partial charge in [-0.15, -0.1) is 0 Å². The van der Waals surface area contributed by atoms with E-state index in [2.05, 4.69) is 34.5 Å². The second-order valence-electron chi connectivity index (χ2n) is 6.42. The van der Waals surface area contributed by atoms with Crippen molar-refractivity contribution in [1.82, 2.24) is 5.32 Å². The van der Waals surface area contributed by atoms with E-state index in [9.17, 15) is 4.79 Å². The Hall–Kier alpha value is -2.49. The van der Waals surface area contributed by atoms with E-state index in [1.165, 1.54) is 30.5 Å². The highest BCUT2D eigenvalue weighted by Gasteiger charge is 2.12. The van der Waals surface area contributed by atoms with E-state index in [0.717, 1.165) is 19.5 Å². The SMILES string of the molecule is COc1ccccc1C(=O)NCCc1ccc(N2CCCCC2)cc1. The minimum atomic E-state index is -0.0950. The van der Waals surface area contributed by atoms with E-state index < -0.39 is 0 Å². The summed E-state index contributed by atoms with van der Waals surface area (Å²) in [5, 5.41) is 2.97. The Morgan fingerprint density at radius 2 is 1.76 bits per heavy atom. The highest BCUT2D eigenvalue weighted by molar-refractivity contribution is 5.96. The Balaban J connectivity index is 1.51. The maximum atomic E-state index is 12.3. The molecule has 0 unspecified atom stereocenters. The fourth-order valence-corrected chi connectivity index (χ4v) is 3.27. The van der Waals surface area contributed by atoms with Crippen molar-refractivity contribution in [3.05, 3.63) is 59.7 Å². The van der Waals surface area contributed by atoms with Gasteiger partial charge in [0.1, 0.15) is 5.75 Å². The van der Waals surface area contributed by atoms with Gasteiger partial charge in [0, 0.05) is 25.3 Å². The summed E-state index contributed by atoms with van der Waals surface area (Å²) in [6, 6.07) is 16.0. The van der Waals surface area contributed by atoms with Crippen molar-refractivity contribution in [2.24, 2.45) is 0 Å². The lowest BCUT2D eigenvalue weighted by Crippen LogP contribution is -2.29. The maximum absolute atomic E-state index is 12.3. The number of para-hydroxylation sites is 1. The maximum Gasteiger partial charge on any atom is 0.255 e. The molecule has 0 aromatic heterocycles. The predicted molar refractivity (Wildman–Crippen MR) is 102 cm³/mol. The summed E-state index contributed by atoms with van der Waals surface area (Å²) in [4.78, 5) is 14.7. The Bertz CT molecular complexity index is 691. The molecule has 1 aliphatic heterocycles. The van der Waals surface area contributed by atoms with E-state index >= 15 is 0 Å². The molecule has 0 atom stereocenters. The van der Waals surface area contributed by atoms with Gasteiger partial charge in [-0.05, 0) is 55.5 Å². The summed E-state index contributed by atoms with van der Waals surface area (Å²) >= 11 is 0. The number of amides is 1. The standard InChI is InChI=1S/C21H26N2O2/c1-25-20-8-4-3-7-19(20)21(24)22-14-13-17-9-11-18(12-10-17)23-15-5-2-6-16-23/h3-4,7-12H,2,5-6,13-16H2,1H3,(H,22,24). The summed E-state index contributed by atoms with van der Waals surface area (Å²) in [6.45, 7) is 2.93. The molecule has 1 aliphatic rings. The topological polar surface area (TPSA) is 41.6 Å². The molecule has 1 saturated heterocycles. The number of nitrogens with one attached hydrogen (secondary N) is 1. The van der Waals surface area contributed by atoms with Crippen LogP contribution in [0.15, 0.2) is 48.5 Å². The van der Waals surface area contributed by atoms with Gasteiger partial charge >= 0.3 is 0 Å². The van der Waals surface area contributed by atoms with Crippen LogP contribution in [0.4, 0.5) is 5.69 Å². The molecule has 1 fully saturated rings. The Morgan fingerprint density at radius 3 is 2.48 bits per heavy atom. The average Bonchev–Trinajstić information content (AvgIpc) is 2.69. The van der Waals surface area contributed by atoms with Gasteiger partial charge in [0.2, 0.25) is 0 Å². The molecule has 132 valence electrons. The second kappa shape index (κ2) is 8.56. The highest BCUT2D eigenvalue weighted by Crippen LogP contribution is 2.20. The van der Waals surface area contributed by atoms with Gasteiger partial charge in [0.05, 0.1) is 12.7 Å². The number of rotatable bonds is 6. The lowest BCUT2D eigenvalue weighted by Gasteiger charge is -2.28. The Morgan fingerprint density at radius 1 is 1.04 bits per heavy atom. The molecule has 0 bridgehead atoms. The van der Waals surface area contributed by atoms with Crippen LogP contribution in [0.3, 0.4) is 0 Å². The van der Waals surface area contributed by atoms with Gasteiger partial charge in [-0.1, -0.05) is 24.3 Å². The quantitative estimate of drug-likeness (QED) is 0.874. The number of nitrogens with zero attached hydrogens (tertiary/aromatic N) is 1. The molecule has 2 aromatic carbocycles. The van der Waals surface area contributed by atoms with Gasteiger partial charge in [0.25, 0.3) is 5.91 Å². The lowest BCUT2D eigenvalue weighted by molar-refractivity contribution is 0.0951. The monoisotopic (exact) mass is 338 g/mol. The number of hydrogen-bond donors (Lipinski definition) is 1. The summed E-state index contributed by atoms with van der Waals surface area (Å²) in [5.74, 6) is 0.508. The van der Waals surface area contributed by atoms with Crippen molar-refractivity contribution in [2.45, 2.75) is 25.7 Å². The number of benzene rings is 2. The molecule has 0 radical (unpaired) electrons. The molecule has 0 saturated carbocycles. The van der Waals surface area contributed by atoms with Gasteiger partial charge < -0.3 is 15.0 Å². The van der Waals surface area contributed by atoms with Crippen molar-refractivity contribution < 1.29 is 9.53 Å². The average molecular weight is 338 g/mol. The predicted octanol–water partition coefficient (Wildman–Crippen LogP) is 3.66. The number of hydrogen-bond acceptors (Lipinski definition) is 3. The van der Waals surface area contributed by atoms with Crippen LogP contribution in [-0.2, 0) is 6.42 Å². The highest BCUT2D eigenvalue weighted by atomic mass is 16.5. The Kier molecular flexibility index (Phi) is 5.94. The van der Waals surface area contributed by atoms with E-state index in [1.807, 2.05) is 12.1 Å². The number of carbonyl (C=O) groups is 1. The van der Waals surface area contributed by atoms with Crippen LogP contribution in [0.5, 0.6) is 5.75 Å². The number of carbonyl (C=O) groups excluding carboxylic acids is 1. The summed E-state index contributed by atoms with van der Waals surface area (Å²) < 4.78 is 5.24. The first-order chi connectivity index (χ1) is 12.3. The van der Waals surface area contributed by atoms with Crippen LogP contribution in [0.1, 0.15) is 35.2 Å². The minimum Gasteiger partial charge on any atom is -0.496 e. The number of methoxy groups -OCH3 is 1. The molecule has 0 aliphatic carbocycles. The summed E-state index contributed by atoms with van der Waals surface area (Å²) in [7, 11) is 1.58. The molecular formula is C21H26N2O2. The molecule has 25 heavy (non-hydrogen) atoms. The molecule has 1 N–H and O–H groups in total. The van der Waals surface area contributed by atoms with Crippen LogP contribution in [-0.4, -0.2) is 32.7 Å². The zero-order valence-corrected chi connectivity index (χ0v) is 14.8. The van der Waals surface area contributed by atoms with Gasteiger partial charge in [-0.25, -0.2) is 0 Å². The number of piperidine rings is 1. The first-order valence-corrected chi connectivity index (χ1v) is 9.03. The molecule has 4 heteroatoms. The molecule has 1 amide bonds. The fraction of sp³-hybridized carbons (Fsp3) is 0.381. The van der Waals surface area contributed by atoms with Crippen LogP contribution in [0.2, 0.25) is 0 Å². The normalized spacial score (nSPS) is 14.2. The first-order valence-electron chi connectivity index (χ1n) is 9.03. The third kappa shape index (κ3) is 4.53. The molecule has 2 aromatic rings. The van der Waals surface area contributed by atoms with E-state index in [0.29, 0.717) is 17.9 Å². The zero-order valence-electron chi connectivity index (χ0n) is 14.8. The largest absolute Gasteiger partial charge is 0.496 e. The molecule has 1 heterocycles. The first kappa shape index (κ1) is 17.3. The molecule has 3 rings (SSSR count). The van der Waals surface area contributed by atoms with Gasteiger partial charge in [-0.2, -0.15) is 0 Å².